The minimum absolute atomic E-state index is 0.0407. The number of hydrogen-bond donors (Lipinski definition) is 1. The van der Waals surface area contributed by atoms with Gasteiger partial charge in [0.1, 0.15) is 17.0 Å². The fraction of sp³-hybridized carbons (Fsp3) is 0.345. The highest BCUT2D eigenvalue weighted by Gasteiger charge is 2.28. The first-order valence-electron chi connectivity index (χ1n) is 12.6. The van der Waals surface area contributed by atoms with Crippen LogP contribution in [-0.2, 0) is 11.3 Å². The Bertz CT molecular complexity index is 1430. The molecule has 0 bridgehead atoms. The number of anilines is 1. The molecule has 1 saturated heterocycles. The normalized spacial score (nSPS) is 15.6. The van der Waals surface area contributed by atoms with E-state index >= 15 is 0 Å². The molecule has 0 radical (unpaired) electrons. The maximum Gasteiger partial charge on any atom is 0.225 e. The van der Waals surface area contributed by atoms with Crippen molar-refractivity contribution in [2.75, 3.05) is 32.2 Å². The lowest BCUT2D eigenvalue weighted by molar-refractivity contribution is -0.125. The predicted molar refractivity (Wildman–Crippen MR) is 144 cm³/mol. The number of methoxy groups -OCH3 is 2. The van der Waals surface area contributed by atoms with Crippen molar-refractivity contribution in [3.05, 3.63) is 71.5 Å². The summed E-state index contributed by atoms with van der Waals surface area (Å²) in [4.78, 5) is 20.1. The summed E-state index contributed by atoms with van der Waals surface area (Å²) < 4.78 is 12.6. The van der Waals surface area contributed by atoms with Gasteiger partial charge in [0.2, 0.25) is 5.91 Å². The first-order chi connectivity index (χ1) is 18.0. The van der Waals surface area contributed by atoms with E-state index < -0.39 is 0 Å². The molecule has 0 saturated carbocycles. The van der Waals surface area contributed by atoms with E-state index in [9.17, 15) is 4.79 Å². The molecule has 2 aromatic carbocycles. The van der Waals surface area contributed by atoms with E-state index in [0.29, 0.717) is 18.8 Å². The largest absolute Gasteiger partial charge is 0.497 e. The van der Waals surface area contributed by atoms with Gasteiger partial charge in [0.05, 0.1) is 25.8 Å². The molecule has 4 aromatic rings. The summed E-state index contributed by atoms with van der Waals surface area (Å²) in [5.74, 6) is 2.19. The number of fused-ring (bicyclic) bond motifs is 1. The molecule has 37 heavy (non-hydrogen) atoms. The minimum Gasteiger partial charge on any atom is -0.497 e. The highest BCUT2D eigenvalue weighted by Crippen LogP contribution is 2.30. The second-order valence-corrected chi connectivity index (χ2v) is 9.61. The average Bonchev–Trinajstić information content (AvgIpc) is 3.35. The van der Waals surface area contributed by atoms with Crippen LogP contribution in [0.25, 0.3) is 16.8 Å². The second-order valence-electron chi connectivity index (χ2n) is 9.61. The summed E-state index contributed by atoms with van der Waals surface area (Å²) in [5.41, 5.74) is 6.32. The van der Waals surface area contributed by atoms with Gasteiger partial charge in [-0.2, -0.15) is 5.10 Å². The SMILES string of the molecule is COc1ccc(CNC(=O)[C@@H]2CCCN(c3nccn4nc(-c5ccc(C)cc5C)cc34)C2)c(OC)c1. The summed E-state index contributed by atoms with van der Waals surface area (Å²) in [6, 6.07) is 14.1. The monoisotopic (exact) mass is 499 g/mol. The van der Waals surface area contributed by atoms with Gasteiger partial charge in [-0.05, 0) is 50.5 Å². The molecule has 1 aliphatic heterocycles. The Kier molecular flexibility index (Phi) is 6.99. The molecule has 0 spiro atoms. The van der Waals surface area contributed by atoms with Crippen LogP contribution in [0.2, 0.25) is 0 Å². The zero-order chi connectivity index (χ0) is 25.9. The van der Waals surface area contributed by atoms with Gasteiger partial charge in [-0.15, -0.1) is 0 Å². The van der Waals surface area contributed by atoms with Gasteiger partial charge in [-0.3, -0.25) is 4.79 Å². The van der Waals surface area contributed by atoms with Crippen LogP contribution in [0.4, 0.5) is 5.82 Å². The van der Waals surface area contributed by atoms with Gasteiger partial charge < -0.3 is 19.7 Å². The Hall–Kier alpha value is -4.07. The molecule has 1 amide bonds. The number of hydrogen-bond acceptors (Lipinski definition) is 6. The van der Waals surface area contributed by atoms with Crippen LogP contribution in [0.1, 0.15) is 29.5 Å². The third kappa shape index (κ3) is 5.09. The highest BCUT2D eigenvalue weighted by atomic mass is 16.5. The van der Waals surface area contributed by atoms with E-state index in [2.05, 4.69) is 48.3 Å². The number of amides is 1. The number of carbonyl (C=O) groups is 1. The fourth-order valence-corrected chi connectivity index (χ4v) is 5.09. The van der Waals surface area contributed by atoms with E-state index in [1.807, 2.05) is 28.9 Å². The van der Waals surface area contributed by atoms with Crippen molar-refractivity contribution >= 4 is 17.2 Å². The molecule has 1 aliphatic rings. The lowest BCUT2D eigenvalue weighted by Gasteiger charge is -2.33. The molecular weight excluding hydrogens is 466 g/mol. The molecule has 1 N–H and O–H groups in total. The zero-order valence-corrected chi connectivity index (χ0v) is 21.8. The lowest BCUT2D eigenvalue weighted by atomic mass is 9.97. The highest BCUT2D eigenvalue weighted by molar-refractivity contribution is 5.81. The molecule has 192 valence electrons. The summed E-state index contributed by atoms with van der Waals surface area (Å²) in [6.45, 7) is 6.08. The Morgan fingerprint density at radius 2 is 1.97 bits per heavy atom. The molecular formula is C29H33N5O3. The molecule has 1 fully saturated rings. The van der Waals surface area contributed by atoms with E-state index in [0.717, 1.165) is 53.3 Å². The Morgan fingerprint density at radius 3 is 2.76 bits per heavy atom. The van der Waals surface area contributed by atoms with Crippen LogP contribution < -0.4 is 19.7 Å². The molecule has 3 heterocycles. The van der Waals surface area contributed by atoms with Crippen molar-refractivity contribution in [3.8, 4) is 22.8 Å². The van der Waals surface area contributed by atoms with Crippen LogP contribution >= 0.6 is 0 Å². The number of nitrogens with one attached hydrogen (secondary N) is 1. The van der Waals surface area contributed by atoms with Gasteiger partial charge >= 0.3 is 0 Å². The third-order valence-corrected chi connectivity index (χ3v) is 7.07. The topological polar surface area (TPSA) is 81.0 Å². The molecule has 0 aliphatic carbocycles. The van der Waals surface area contributed by atoms with Gasteiger partial charge in [-0.25, -0.2) is 9.50 Å². The number of carbonyl (C=O) groups excluding carboxylic acids is 1. The molecule has 8 nitrogen and oxygen atoms in total. The van der Waals surface area contributed by atoms with Crippen molar-refractivity contribution in [3.63, 3.8) is 0 Å². The summed E-state index contributed by atoms with van der Waals surface area (Å²) in [7, 11) is 3.24. The first kappa shape index (κ1) is 24.6. The Morgan fingerprint density at radius 1 is 1.11 bits per heavy atom. The van der Waals surface area contributed by atoms with Crippen LogP contribution in [0, 0.1) is 19.8 Å². The van der Waals surface area contributed by atoms with Gasteiger partial charge in [0, 0.05) is 49.2 Å². The number of benzene rings is 2. The third-order valence-electron chi connectivity index (χ3n) is 7.07. The molecule has 5 rings (SSSR count). The number of nitrogens with zero attached hydrogens (tertiary/aromatic N) is 4. The van der Waals surface area contributed by atoms with Crippen LogP contribution in [0.5, 0.6) is 11.5 Å². The number of ether oxygens (including phenoxy) is 2. The number of rotatable bonds is 7. The molecule has 0 unspecified atom stereocenters. The van der Waals surface area contributed by atoms with Crippen molar-refractivity contribution < 1.29 is 14.3 Å². The maximum absolute atomic E-state index is 13.1. The first-order valence-corrected chi connectivity index (χ1v) is 12.6. The van der Waals surface area contributed by atoms with Crippen LogP contribution in [0.15, 0.2) is 54.9 Å². The van der Waals surface area contributed by atoms with Gasteiger partial charge in [0.25, 0.3) is 0 Å². The smallest absolute Gasteiger partial charge is 0.225 e. The quantitative estimate of drug-likeness (QED) is 0.401. The molecule has 2 aromatic heterocycles. The van der Waals surface area contributed by atoms with Crippen LogP contribution in [0.3, 0.4) is 0 Å². The van der Waals surface area contributed by atoms with E-state index in [4.69, 9.17) is 19.6 Å². The van der Waals surface area contributed by atoms with Gasteiger partial charge in [-0.1, -0.05) is 23.8 Å². The lowest BCUT2D eigenvalue weighted by Crippen LogP contribution is -2.43. The summed E-state index contributed by atoms with van der Waals surface area (Å²) in [6.07, 6.45) is 5.42. The molecule has 8 heteroatoms. The van der Waals surface area contributed by atoms with Gasteiger partial charge in [0.15, 0.2) is 5.82 Å². The molecule has 1 atom stereocenters. The number of piperidine rings is 1. The van der Waals surface area contributed by atoms with E-state index in [1.165, 1.54) is 11.1 Å². The fourth-order valence-electron chi connectivity index (χ4n) is 5.09. The summed E-state index contributed by atoms with van der Waals surface area (Å²) >= 11 is 0. The Balaban J connectivity index is 1.32. The van der Waals surface area contributed by atoms with Crippen molar-refractivity contribution in [1.82, 2.24) is 19.9 Å². The zero-order valence-electron chi connectivity index (χ0n) is 21.8. The average molecular weight is 500 g/mol. The van der Waals surface area contributed by atoms with Crippen LogP contribution in [-0.4, -0.2) is 47.8 Å². The maximum atomic E-state index is 13.1. The van der Waals surface area contributed by atoms with Crippen molar-refractivity contribution in [2.24, 2.45) is 5.92 Å². The standard InChI is InChI=1S/C29H33N5O3/c1-19-7-10-24(20(2)14-19)25-16-26-28(30-11-13-34(26)32-25)33-12-5-6-22(18-33)29(35)31-17-21-8-9-23(36-3)15-27(21)37-4/h7-11,13-16,22H,5-6,12,17-18H2,1-4H3,(H,31,35)/t22-/m1/s1. The predicted octanol–water partition coefficient (Wildman–Crippen LogP) is 4.56. The Labute approximate surface area is 217 Å². The number of aromatic nitrogens is 3. The summed E-state index contributed by atoms with van der Waals surface area (Å²) in [5, 5.41) is 7.93. The van der Waals surface area contributed by atoms with E-state index in [-0.39, 0.29) is 11.8 Å². The van der Waals surface area contributed by atoms with E-state index in [1.54, 1.807) is 20.4 Å². The van der Waals surface area contributed by atoms with Crippen molar-refractivity contribution in [1.29, 1.82) is 0 Å². The van der Waals surface area contributed by atoms with Crippen molar-refractivity contribution in [2.45, 2.75) is 33.2 Å². The minimum atomic E-state index is -0.123. The number of aryl methyl sites for hydroxylation is 2. The second kappa shape index (κ2) is 10.5.